The number of alkyl halides is 2. The lowest BCUT2D eigenvalue weighted by Gasteiger charge is -2.15. The molecule has 1 aromatic carbocycles. The first kappa shape index (κ1) is 12.4. The molecule has 0 aliphatic carbocycles. The summed E-state index contributed by atoms with van der Waals surface area (Å²) < 4.78 is 28.4. The summed E-state index contributed by atoms with van der Waals surface area (Å²) in [6, 6.07) is 5.30. The number of rotatable bonds is 5. The largest absolute Gasteiger partial charge is 0.434 e. The van der Waals surface area contributed by atoms with Crippen LogP contribution in [0.2, 0.25) is 0 Å². The summed E-state index contributed by atoms with van der Waals surface area (Å²) in [5, 5.41) is 0. The lowest BCUT2D eigenvalue weighted by Crippen LogP contribution is -2.21. The van der Waals surface area contributed by atoms with Gasteiger partial charge in [-0.2, -0.15) is 8.78 Å². The van der Waals surface area contributed by atoms with Crippen molar-refractivity contribution < 1.29 is 18.3 Å². The van der Waals surface area contributed by atoms with Gasteiger partial charge in [0.15, 0.2) is 0 Å². The molecule has 0 aliphatic rings. The van der Waals surface area contributed by atoms with Gasteiger partial charge < -0.3 is 16.2 Å². The van der Waals surface area contributed by atoms with Crippen molar-refractivity contribution in [2.45, 2.75) is 19.1 Å². The summed E-state index contributed by atoms with van der Waals surface area (Å²) >= 11 is 0. The van der Waals surface area contributed by atoms with Crippen molar-refractivity contribution in [3.8, 4) is 5.75 Å². The first-order valence-electron chi connectivity index (χ1n) is 4.58. The number of ether oxygens (including phenoxy) is 1. The van der Waals surface area contributed by atoms with Crippen molar-refractivity contribution in [3.63, 3.8) is 0 Å². The van der Waals surface area contributed by atoms with Crippen LogP contribution in [0.4, 0.5) is 8.78 Å². The maximum absolute atomic E-state index is 12.1. The summed E-state index contributed by atoms with van der Waals surface area (Å²) in [6.07, 6.45) is -0.121. The Bertz CT molecular complexity index is 372. The van der Waals surface area contributed by atoms with E-state index in [0.29, 0.717) is 5.56 Å². The zero-order chi connectivity index (χ0) is 12.1. The molecule has 0 bridgehead atoms. The fourth-order valence-corrected chi connectivity index (χ4v) is 1.32. The zero-order valence-corrected chi connectivity index (χ0v) is 8.40. The number of carbonyl (C=O) groups is 1. The SMILES string of the molecule is NC(=O)C[C@@H](N)c1ccccc1OC(F)F. The summed E-state index contributed by atoms with van der Waals surface area (Å²) in [5.74, 6) is -0.634. The second kappa shape index (κ2) is 5.41. The molecule has 0 aromatic heterocycles. The lowest BCUT2D eigenvalue weighted by atomic mass is 10.0. The topological polar surface area (TPSA) is 78.3 Å². The third-order valence-corrected chi connectivity index (χ3v) is 1.96. The Morgan fingerprint density at radius 2 is 2.00 bits per heavy atom. The van der Waals surface area contributed by atoms with Crippen LogP contribution in [-0.2, 0) is 4.79 Å². The Hall–Kier alpha value is -1.69. The molecule has 0 heterocycles. The molecule has 0 fully saturated rings. The van der Waals surface area contributed by atoms with Crippen LogP contribution in [-0.4, -0.2) is 12.5 Å². The molecule has 0 aliphatic heterocycles. The van der Waals surface area contributed by atoms with Gasteiger partial charge in [0.05, 0.1) is 0 Å². The van der Waals surface area contributed by atoms with Gasteiger partial charge in [0, 0.05) is 18.0 Å². The minimum Gasteiger partial charge on any atom is -0.434 e. The quantitative estimate of drug-likeness (QED) is 0.796. The van der Waals surface area contributed by atoms with Crippen LogP contribution >= 0.6 is 0 Å². The van der Waals surface area contributed by atoms with E-state index in [9.17, 15) is 13.6 Å². The highest BCUT2D eigenvalue weighted by Crippen LogP contribution is 2.26. The minimum atomic E-state index is -2.93. The highest BCUT2D eigenvalue weighted by molar-refractivity contribution is 5.74. The first-order valence-corrected chi connectivity index (χ1v) is 4.58. The summed E-state index contributed by atoms with van der Waals surface area (Å²) in [4.78, 5) is 10.7. The molecule has 0 saturated heterocycles. The van der Waals surface area contributed by atoms with E-state index >= 15 is 0 Å². The number of carbonyl (C=O) groups excluding carboxylic acids is 1. The average Bonchev–Trinajstić information content (AvgIpc) is 2.16. The molecule has 4 nitrogen and oxygen atoms in total. The molecule has 1 aromatic rings. The van der Waals surface area contributed by atoms with Crippen molar-refractivity contribution in [1.82, 2.24) is 0 Å². The van der Waals surface area contributed by atoms with E-state index in [4.69, 9.17) is 11.5 Å². The predicted octanol–water partition coefficient (Wildman–Crippen LogP) is 1.16. The van der Waals surface area contributed by atoms with Crippen molar-refractivity contribution in [3.05, 3.63) is 29.8 Å². The second-order valence-electron chi connectivity index (χ2n) is 3.19. The maximum atomic E-state index is 12.1. The Morgan fingerprint density at radius 1 is 1.38 bits per heavy atom. The number of primary amides is 1. The van der Waals surface area contributed by atoms with Crippen LogP contribution in [0.3, 0.4) is 0 Å². The van der Waals surface area contributed by atoms with Crippen molar-refractivity contribution in [2.75, 3.05) is 0 Å². The molecule has 16 heavy (non-hydrogen) atoms. The third-order valence-electron chi connectivity index (χ3n) is 1.96. The second-order valence-corrected chi connectivity index (χ2v) is 3.19. The van der Waals surface area contributed by atoms with Crippen molar-refractivity contribution in [1.29, 1.82) is 0 Å². The van der Waals surface area contributed by atoms with Crippen LogP contribution in [0.15, 0.2) is 24.3 Å². The van der Waals surface area contributed by atoms with E-state index in [2.05, 4.69) is 4.74 Å². The van der Waals surface area contributed by atoms with Gasteiger partial charge in [0.1, 0.15) is 5.75 Å². The number of hydrogen-bond acceptors (Lipinski definition) is 3. The van der Waals surface area contributed by atoms with Gasteiger partial charge in [-0.05, 0) is 6.07 Å². The first-order chi connectivity index (χ1) is 7.50. The molecule has 88 valence electrons. The van der Waals surface area contributed by atoms with Crippen LogP contribution in [0.1, 0.15) is 18.0 Å². The van der Waals surface area contributed by atoms with Gasteiger partial charge in [-0.25, -0.2) is 0 Å². The van der Waals surface area contributed by atoms with Gasteiger partial charge in [-0.1, -0.05) is 18.2 Å². The normalized spacial score (nSPS) is 12.5. The zero-order valence-electron chi connectivity index (χ0n) is 8.40. The van der Waals surface area contributed by atoms with Crippen LogP contribution in [0, 0.1) is 0 Å². The van der Waals surface area contributed by atoms with Gasteiger partial charge >= 0.3 is 6.61 Å². The van der Waals surface area contributed by atoms with E-state index in [0.717, 1.165) is 0 Å². The molecule has 1 amide bonds. The van der Waals surface area contributed by atoms with E-state index in [1.54, 1.807) is 6.07 Å². The highest BCUT2D eigenvalue weighted by Gasteiger charge is 2.16. The molecule has 1 atom stereocenters. The monoisotopic (exact) mass is 230 g/mol. The molecule has 1 rings (SSSR count). The fourth-order valence-electron chi connectivity index (χ4n) is 1.32. The standard InChI is InChI=1S/C10H12F2N2O2/c11-10(12)16-8-4-2-1-3-6(8)7(13)5-9(14)15/h1-4,7,10H,5,13H2,(H2,14,15)/t7-/m1/s1. The maximum Gasteiger partial charge on any atom is 0.387 e. The van der Waals surface area contributed by atoms with Crippen LogP contribution in [0.25, 0.3) is 0 Å². The van der Waals surface area contributed by atoms with Crippen LogP contribution in [0.5, 0.6) is 5.75 Å². The third kappa shape index (κ3) is 3.47. The van der Waals surface area contributed by atoms with E-state index in [1.807, 2.05) is 0 Å². The lowest BCUT2D eigenvalue weighted by molar-refractivity contribution is -0.118. The highest BCUT2D eigenvalue weighted by atomic mass is 19.3. The van der Waals surface area contributed by atoms with Gasteiger partial charge in [-0.3, -0.25) is 4.79 Å². The Labute approximate surface area is 91.2 Å². The Balaban J connectivity index is 2.89. The number of benzene rings is 1. The summed E-state index contributed by atoms with van der Waals surface area (Å²) in [5.41, 5.74) is 11.0. The van der Waals surface area contributed by atoms with Gasteiger partial charge in [0.2, 0.25) is 5.91 Å². The molecule has 0 unspecified atom stereocenters. The summed E-state index contributed by atoms with van der Waals surface area (Å²) in [7, 11) is 0. The van der Waals surface area contributed by atoms with Crippen LogP contribution < -0.4 is 16.2 Å². The number of hydrogen-bond donors (Lipinski definition) is 2. The van der Waals surface area contributed by atoms with Crippen molar-refractivity contribution in [2.24, 2.45) is 11.5 Å². The molecular formula is C10H12F2N2O2. The van der Waals surface area contributed by atoms with E-state index < -0.39 is 18.6 Å². The molecule has 0 saturated carbocycles. The number of nitrogens with two attached hydrogens (primary N) is 2. The molecule has 0 spiro atoms. The van der Waals surface area contributed by atoms with Gasteiger partial charge in [0.25, 0.3) is 0 Å². The number of para-hydroxylation sites is 1. The minimum absolute atomic E-state index is 0.0359. The Morgan fingerprint density at radius 3 is 2.56 bits per heavy atom. The molecule has 0 radical (unpaired) electrons. The van der Waals surface area contributed by atoms with Crippen molar-refractivity contribution >= 4 is 5.91 Å². The predicted molar refractivity (Wildman–Crippen MR) is 53.8 cm³/mol. The smallest absolute Gasteiger partial charge is 0.387 e. The molecule has 4 N–H and O–H groups in total. The van der Waals surface area contributed by atoms with Gasteiger partial charge in [-0.15, -0.1) is 0 Å². The van der Waals surface area contributed by atoms with E-state index in [1.165, 1.54) is 18.2 Å². The number of amides is 1. The Kier molecular flexibility index (Phi) is 4.19. The fraction of sp³-hybridized carbons (Fsp3) is 0.300. The van der Waals surface area contributed by atoms with E-state index in [-0.39, 0.29) is 12.2 Å². The molecular weight excluding hydrogens is 218 g/mol. The number of halogens is 2. The average molecular weight is 230 g/mol. The molecule has 6 heteroatoms. The summed E-state index contributed by atoms with van der Waals surface area (Å²) in [6.45, 7) is -2.93.